The van der Waals surface area contributed by atoms with Crippen LogP contribution in [0.2, 0.25) is 0 Å². The van der Waals surface area contributed by atoms with Crippen LogP contribution in [-0.4, -0.2) is 23.2 Å². The molecule has 0 aliphatic heterocycles. The predicted molar refractivity (Wildman–Crippen MR) is 78.4 cm³/mol. The third-order valence-corrected chi connectivity index (χ3v) is 5.58. The van der Waals surface area contributed by atoms with Crippen LogP contribution in [0.5, 0.6) is 0 Å². The van der Waals surface area contributed by atoms with Gasteiger partial charge in [-0.3, -0.25) is 0 Å². The molecule has 1 N–H and O–H groups in total. The first-order valence-electron chi connectivity index (χ1n) is 5.14. The zero-order valence-electron chi connectivity index (χ0n) is 10.1. The molecule has 0 fully saturated rings. The van der Waals surface area contributed by atoms with Crippen LogP contribution in [0.4, 0.5) is 5.95 Å². The number of rotatable bonds is 3. The van der Waals surface area contributed by atoms with Crippen molar-refractivity contribution < 1.29 is 8.42 Å². The summed E-state index contributed by atoms with van der Waals surface area (Å²) in [5, 5.41) is 3.81. The monoisotopic (exact) mass is 408 g/mol. The quantitative estimate of drug-likeness (QED) is 0.844. The van der Waals surface area contributed by atoms with Crippen LogP contribution in [0.25, 0.3) is 0 Å². The van der Waals surface area contributed by atoms with Gasteiger partial charge >= 0.3 is 0 Å². The second-order valence-corrected chi connectivity index (χ2v) is 7.20. The van der Waals surface area contributed by atoms with Gasteiger partial charge in [-0.1, -0.05) is 15.9 Å². The first-order chi connectivity index (χ1) is 8.81. The van der Waals surface area contributed by atoms with E-state index in [4.69, 9.17) is 0 Å². The first-order valence-corrected chi connectivity index (χ1v) is 8.20. The maximum absolute atomic E-state index is 12.3. The Labute approximate surface area is 127 Å². The zero-order chi connectivity index (χ0) is 14.2. The van der Waals surface area contributed by atoms with E-state index in [0.29, 0.717) is 8.95 Å². The summed E-state index contributed by atoms with van der Waals surface area (Å²) in [5.41, 5.74) is 0.935. The van der Waals surface area contributed by atoms with Gasteiger partial charge in [0.25, 0.3) is 10.0 Å². The molecule has 9 heteroatoms. The zero-order valence-corrected chi connectivity index (χ0v) is 14.0. The second-order valence-electron chi connectivity index (χ2n) is 3.84. The molecule has 0 saturated heterocycles. The number of nitrogens with one attached hydrogen (secondary N) is 1. The van der Waals surface area contributed by atoms with E-state index in [1.54, 1.807) is 13.1 Å². The largest absolute Gasteiger partial charge is 0.265 e. The van der Waals surface area contributed by atoms with Crippen LogP contribution in [0.15, 0.2) is 32.3 Å². The summed E-state index contributed by atoms with van der Waals surface area (Å²) in [4.78, 5) is 3.96. The molecule has 2 rings (SSSR count). The normalized spacial score (nSPS) is 11.6. The lowest BCUT2D eigenvalue weighted by Crippen LogP contribution is -2.16. The van der Waals surface area contributed by atoms with Gasteiger partial charge in [0.2, 0.25) is 5.95 Å². The van der Waals surface area contributed by atoms with Crippen LogP contribution < -0.4 is 4.72 Å². The molecule has 0 aliphatic rings. The predicted octanol–water partition coefficient (Wildman–Crippen LogP) is 2.45. The Bertz CT molecular complexity index is 727. The van der Waals surface area contributed by atoms with Crippen molar-refractivity contribution >= 4 is 47.8 Å². The molecule has 0 bridgehead atoms. The molecule has 0 spiro atoms. The van der Waals surface area contributed by atoms with Gasteiger partial charge in [-0.2, -0.15) is 10.1 Å². The highest BCUT2D eigenvalue weighted by atomic mass is 79.9. The SMILES string of the molecule is Cc1cc(Br)c(S(=O)(=O)Nc2ncnn2C)cc1Br. The van der Waals surface area contributed by atoms with Crippen LogP contribution in [-0.2, 0) is 17.1 Å². The third-order valence-electron chi connectivity index (χ3n) is 2.44. The highest BCUT2D eigenvalue weighted by Crippen LogP contribution is 2.29. The minimum Gasteiger partial charge on any atom is -0.247 e. The van der Waals surface area contributed by atoms with Gasteiger partial charge in [0.15, 0.2) is 0 Å². The van der Waals surface area contributed by atoms with Crippen LogP contribution in [0.3, 0.4) is 0 Å². The Kier molecular flexibility index (Phi) is 3.98. The minimum atomic E-state index is -3.73. The summed E-state index contributed by atoms with van der Waals surface area (Å²) >= 11 is 6.58. The van der Waals surface area contributed by atoms with Crippen LogP contribution in [0.1, 0.15) is 5.56 Å². The Morgan fingerprint density at radius 2 is 1.95 bits per heavy atom. The molecule has 1 heterocycles. The van der Waals surface area contributed by atoms with E-state index < -0.39 is 10.0 Å². The molecule has 0 unspecified atom stereocenters. The molecule has 0 aliphatic carbocycles. The van der Waals surface area contributed by atoms with E-state index in [0.717, 1.165) is 5.56 Å². The number of hydrogen-bond acceptors (Lipinski definition) is 4. The third kappa shape index (κ3) is 2.98. The molecule has 0 atom stereocenters. The van der Waals surface area contributed by atoms with E-state index in [1.165, 1.54) is 17.1 Å². The number of aryl methyl sites for hydroxylation is 2. The van der Waals surface area contributed by atoms with E-state index in [1.807, 2.05) is 6.92 Å². The van der Waals surface area contributed by atoms with E-state index >= 15 is 0 Å². The maximum Gasteiger partial charge on any atom is 0.265 e. The fourth-order valence-corrected chi connectivity index (χ4v) is 4.11. The average molecular weight is 410 g/mol. The number of hydrogen-bond donors (Lipinski definition) is 1. The van der Waals surface area contributed by atoms with Crippen molar-refractivity contribution in [2.45, 2.75) is 11.8 Å². The first kappa shape index (κ1) is 14.5. The maximum atomic E-state index is 12.3. The van der Waals surface area contributed by atoms with Crippen molar-refractivity contribution in [2.24, 2.45) is 7.05 Å². The molecule has 1 aromatic carbocycles. The number of nitrogens with zero attached hydrogens (tertiary/aromatic N) is 3. The number of aromatic nitrogens is 3. The van der Waals surface area contributed by atoms with Gasteiger partial charge in [-0.25, -0.2) is 17.8 Å². The van der Waals surface area contributed by atoms with Crippen molar-refractivity contribution in [3.8, 4) is 0 Å². The Morgan fingerprint density at radius 1 is 1.26 bits per heavy atom. The molecular weight excluding hydrogens is 400 g/mol. The minimum absolute atomic E-state index is 0.132. The van der Waals surface area contributed by atoms with Gasteiger partial charge in [0.1, 0.15) is 11.2 Å². The van der Waals surface area contributed by atoms with E-state index in [-0.39, 0.29) is 10.8 Å². The summed E-state index contributed by atoms with van der Waals surface area (Å²) < 4.78 is 29.5. The summed E-state index contributed by atoms with van der Waals surface area (Å²) in [6, 6.07) is 3.27. The Hall–Kier alpha value is -0.930. The van der Waals surface area contributed by atoms with E-state index in [2.05, 4.69) is 46.7 Å². The lowest BCUT2D eigenvalue weighted by atomic mass is 10.2. The fraction of sp³-hybridized carbons (Fsp3) is 0.200. The second kappa shape index (κ2) is 5.22. The standard InChI is InChI=1S/C10H10Br2N4O2S/c1-6-3-8(12)9(4-7(6)11)19(17,18)15-10-13-5-14-16(10)2/h3-5H,1-2H3,(H,13,14,15). The lowest BCUT2D eigenvalue weighted by Gasteiger charge is -2.10. The number of anilines is 1. The molecule has 6 nitrogen and oxygen atoms in total. The Morgan fingerprint density at radius 3 is 2.53 bits per heavy atom. The summed E-state index contributed by atoms with van der Waals surface area (Å²) in [6.45, 7) is 1.88. The van der Waals surface area contributed by atoms with E-state index in [9.17, 15) is 8.42 Å². The van der Waals surface area contributed by atoms with Crippen molar-refractivity contribution in [3.05, 3.63) is 33.0 Å². The van der Waals surface area contributed by atoms with Gasteiger partial charge in [0.05, 0.1) is 0 Å². The van der Waals surface area contributed by atoms with Gasteiger partial charge in [-0.15, -0.1) is 0 Å². The molecule has 0 amide bonds. The highest BCUT2D eigenvalue weighted by Gasteiger charge is 2.21. The van der Waals surface area contributed by atoms with Crippen molar-refractivity contribution in [1.82, 2.24) is 14.8 Å². The molecule has 1 aromatic heterocycles. The highest BCUT2D eigenvalue weighted by molar-refractivity contribution is 9.11. The van der Waals surface area contributed by atoms with Crippen molar-refractivity contribution in [1.29, 1.82) is 0 Å². The van der Waals surface area contributed by atoms with Crippen molar-refractivity contribution in [2.75, 3.05) is 4.72 Å². The number of halogens is 2. The van der Waals surface area contributed by atoms with Gasteiger partial charge in [-0.05, 0) is 40.5 Å². The molecular formula is C10H10Br2N4O2S. The molecule has 102 valence electrons. The average Bonchev–Trinajstić information content (AvgIpc) is 2.69. The summed E-state index contributed by atoms with van der Waals surface area (Å²) in [6.07, 6.45) is 1.28. The topological polar surface area (TPSA) is 76.9 Å². The molecule has 19 heavy (non-hydrogen) atoms. The van der Waals surface area contributed by atoms with Gasteiger partial charge < -0.3 is 0 Å². The fourth-order valence-electron chi connectivity index (χ4n) is 1.40. The number of benzene rings is 1. The molecule has 0 saturated carbocycles. The van der Waals surface area contributed by atoms with Crippen molar-refractivity contribution in [3.63, 3.8) is 0 Å². The smallest absolute Gasteiger partial charge is 0.247 e. The van der Waals surface area contributed by atoms with Crippen LogP contribution in [0, 0.1) is 6.92 Å². The molecule has 2 aromatic rings. The molecule has 0 radical (unpaired) electrons. The van der Waals surface area contributed by atoms with Gasteiger partial charge in [0, 0.05) is 16.0 Å². The Balaban J connectivity index is 2.46. The van der Waals surface area contributed by atoms with Crippen LogP contribution >= 0.6 is 31.9 Å². The lowest BCUT2D eigenvalue weighted by molar-refractivity contribution is 0.599. The number of sulfonamides is 1. The summed E-state index contributed by atoms with van der Waals surface area (Å²) in [7, 11) is -2.12. The summed E-state index contributed by atoms with van der Waals surface area (Å²) in [5.74, 6) is 0.156.